The molecule has 2 aromatic carbocycles. The third-order valence-electron chi connectivity index (χ3n) is 3.04. The number of ketones is 1. The lowest BCUT2D eigenvalue weighted by Crippen LogP contribution is -2.24. The van der Waals surface area contributed by atoms with Crippen molar-refractivity contribution in [2.24, 2.45) is 0 Å². The molecule has 23 heavy (non-hydrogen) atoms. The van der Waals surface area contributed by atoms with Gasteiger partial charge in [-0.05, 0) is 17.7 Å². The van der Waals surface area contributed by atoms with Crippen LogP contribution in [0.15, 0.2) is 48.5 Å². The Labute approximate surface area is 146 Å². The second-order valence-corrected chi connectivity index (χ2v) is 5.14. The van der Waals surface area contributed by atoms with Crippen LogP contribution >= 0.6 is 32.3 Å². The van der Waals surface area contributed by atoms with Gasteiger partial charge in [0.1, 0.15) is 5.92 Å². The summed E-state index contributed by atoms with van der Waals surface area (Å²) in [5, 5.41) is 0.412. The average molecular weight is 373 g/mol. The van der Waals surface area contributed by atoms with Crippen LogP contribution in [-0.4, -0.2) is 18.9 Å². The van der Waals surface area contributed by atoms with E-state index in [1.54, 1.807) is 48.5 Å². The highest BCUT2D eigenvalue weighted by Gasteiger charge is 2.32. The van der Waals surface area contributed by atoms with Gasteiger partial charge < -0.3 is 9.30 Å². The summed E-state index contributed by atoms with van der Waals surface area (Å²) in [5.41, 5.74) is 0.658. The number of carbonyl (C=O) groups excluding carboxylic acids is 2. The van der Waals surface area contributed by atoms with Gasteiger partial charge in [-0.25, -0.2) is 0 Å². The van der Waals surface area contributed by atoms with E-state index in [4.69, 9.17) is 32.5 Å². The van der Waals surface area contributed by atoms with Gasteiger partial charge in [-0.15, -0.1) is 0 Å². The SMILES string of the molecule is COC(=O)C(C(=O)c1c(Cl)cccc1Cl)c1ccccc1.O=[PH3]. The highest BCUT2D eigenvalue weighted by atomic mass is 35.5. The molecule has 122 valence electrons. The van der Waals surface area contributed by atoms with Crippen molar-refractivity contribution in [2.75, 3.05) is 7.11 Å². The average Bonchev–Trinajstić information content (AvgIpc) is 2.57. The quantitative estimate of drug-likeness (QED) is 0.351. The van der Waals surface area contributed by atoms with Crippen molar-refractivity contribution in [3.05, 3.63) is 69.7 Å². The van der Waals surface area contributed by atoms with Crippen molar-refractivity contribution in [1.82, 2.24) is 0 Å². The summed E-state index contributed by atoms with van der Waals surface area (Å²) in [7, 11) is 1.85. The lowest BCUT2D eigenvalue weighted by molar-refractivity contribution is -0.141. The molecule has 0 radical (unpaired) electrons. The summed E-state index contributed by atoms with van der Waals surface area (Å²) in [5.74, 6) is -2.22. The molecule has 0 saturated heterocycles. The molecule has 0 saturated carbocycles. The minimum atomic E-state index is -1.09. The minimum absolute atomic E-state index is 0.125. The van der Waals surface area contributed by atoms with Crippen molar-refractivity contribution in [3.63, 3.8) is 0 Å². The summed E-state index contributed by atoms with van der Waals surface area (Å²) in [6.45, 7) is 0. The predicted molar refractivity (Wildman–Crippen MR) is 93.8 cm³/mol. The van der Waals surface area contributed by atoms with Gasteiger partial charge in [-0.1, -0.05) is 59.6 Å². The molecule has 0 heterocycles. The highest BCUT2D eigenvalue weighted by Crippen LogP contribution is 2.31. The van der Waals surface area contributed by atoms with E-state index in [0.717, 1.165) is 0 Å². The van der Waals surface area contributed by atoms with Gasteiger partial charge in [0, 0.05) is 0 Å². The van der Waals surface area contributed by atoms with E-state index >= 15 is 0 Å². The van der Waals surface area contributed by atoms with E-state index < -0.39 is 17.7 Å². The van der Waals surface area contributed by atoms with Crippen molar-refractivity contribution < 1.29 is 18.9 Å². The molecule has 0 bridgehead atoms. The first-order valence-electron chi connectivity index (χ1n) is 6.46. The second-order valence-electron chi connectivity index (χ2n) is 4.33. The second kappa shape index (κ2) is 9.51. The van der Waals surface area contributed by atoms with Crippen LogP contribution in [0, 0.1) is 0 Å². The molecule has 0 fully saturated rings. The fourth-order valence-electron chi connectivity index (χ4n) is 2.04. The van der Waals surface area contributed by atoms with Crippen molar-refractivity contribution >= 4 is 44.1 Å². The van der Waals surface area contributed by atoms with Gasteiger partial charge >= 0.3 is 5.97 Å². The maximum absolute atomic E-state index is 12.7. The van der Waals surface area contributed by atoms with Crippen molar-refractivity contribution in [2.45, 2.75) is 5.92 Å². The molecule has 0 aliphatic rings. The van der Waals surface area contributed by atoms with Crippen LogP contribution in [0.3, 0.4) is 0 Å². The molecule has 4 nitrogen and oxygen atoms in total. The number of halogens is 2. The lowest BCUT2D eigenvalue weighted by atomic mass is 9.90. The molecule has 0 aromatic heterocycles. The summed E-state index contributed by atoms with van der Waals surface area (Å²) < 4.78 is 13.0. The van der Waals surface area contributed by atoms with E-state index in [1.807, 2.05) is 0 Å². The third kappa shape index (κ3) is 4.68. The Morgan fingerprint density at radius 1 is 0.957 bits per heavy atom. The van der Waals surface area contributed by atoms with Crippen LogP contribution in [0.25, 0.3) is 0 Å². The number of hydrogen-bond acceptors (Lipinski definition) is 4. The normalized spacial score (nSPS) is 11.1. The first kappa shape index (κ1) is 19.4. The molecule has 2 atom stereocenters. The summed E-state index contributed by atoms with van der Waals surface area (Å²) >= 11 is 12.1. The van der Waals surface area contributed by atoms with Crippen LogP contribution in [-0.2, 0) is 14.1 Å². The third-order valence-corrected chi connectivity index (χ3v) is 3.67. The lowest BCUT2D eigenvalue weighted by Gasteiger charge is -2.15. The standard InChI is InChI=1S/C16H12Cl2O3.H3OP/c1-21-16(20)13(10-6-3-2-4-7-10)15(19)14-11(17)8-5-9-12(14)18;1-2/h2-9,13H,1H3;2H3. The molecule has 2 aromatic rings. The Kier molecular flexibility index (Phi) is 8.04. The Hall–Kier alpha value is -1.61. The molecule has 0 aliphatic heterocycles. The Morgan fingerprint density at radius 3 is 1.96 bits per heavy atom. The van der Waals surface area contributed by atoms with Crippen LogP contribution in [0.5, 0.6) is 0 Å². The van der Waals surface area contributed by atoms with Gasteiger partial charge in [0.2, 0.25) is 0 Å². The number of rotatable bonds is 4. The van der Waals surface area contributed by atoms with Gasteiger partial charge in [-0.3, -0.25) is 9.59 Å². The Balaban J connectivity index is 0.00000127. The van der Waals surface area contributed by atoms with Gasteiger partial charge in [0.15, 0.2) is 5.78 Å². The Morgan fingerprint density at radius 2 is 1.48 bits per heavy atom. The van der Waals surface area contributed by atoms with Crippen LogP contribution in [0.2, 0.25) is 10.0 Å². The largest absolute Gasteiger partial charge is 0.468 e. The summed E-state index contributed by atoms with van der Waals surface area (Å²) in [6, 6.07) is 13.4. The molecule has 7 heteroatoms. The molecule has 0 N–H and O–H groups in total. The zero-order valence-electron chi connectivity index (χ0n) is 12.3. The molecule has 2 rings (SSSR count). The number of methoxy groups -OCH3 is 1. The van der Waals surface area contributed by atoms with Gasteiger partial charge in [0.25, 0.3) is 0 Å². The minimum Gasteiger partial charge on any atom is -0.468 e. The molecule has 0 spiro atoms. The molecule has 2 unspecified atom stereocenters. The number of esters is 1. The fourth-order valence-corrected chi connectivity index (χ4v) is 2.62. The topological polar surface area (TPSA) is 60.4 Å². The zero-order chi connectivity index (χ0) is 17.4. The van der Waals surface area contributed by atoms with E-state index in [0.29, 0.717) is 14.7 Å². The van der Waals surface area contributed by atoms with Gasteiger partial charge in [0.05, 0.1) is 31.8 Å². The molecular weight excluding hydrogens is 358 g/mol. The van der Waals surface area contributed by atoms with Crippen LogP contribution in [0.1, 0.15) is 21.8 Å². The maximum Gasteiger partial charge on any atom is 0.321 e. The predicted octanol–water partition coefficient (Wildman–Crippen LogP) is 4.07. The van der Waals surface area contributed by atoms with E-state index in [2.05, 4.69) is 0 Å². The Bertz CT molecular complexity index is 671. The monoisotopic (exact) mass is 372 g/mol. The van der Waals surface area contributed by atoms with Crippen LogP contribution < -0.4 is 0 Å². The van der Waals surface area contributed by atoms with E-state index in [-0.39, 0.29) is 15.6 Å². The van der Waals surface area contributed by atoms with E-state index in [1.165, 1.54) is 7.11 Å². The number of carbonyl (C=O) groups is 2. The first-order valence-corrected chi connectivity index (χ1v) is 7.79. The smallest absolute Gasteiger partial charge is 0.321 e. The van der Waals surface area contributed by atoms with Gasteiger partial charge in [-0.2, -0.15) is 0 Å². The zero-order valence-corrected chi connectivity index (χ0v) is 15.2. The number of hydrogen-bond donors (Lipinski definition) is 0. The summed E-state index contributed by atoms with van der Waals surface area (Å²) in [6.07, 6.45) is 0. The first-order chi connectivity index (χ1) is 11.1. The maximum atomic E-state index is 12.7. The van der Waals surface area contributed by atoms with E-state index in [9.17, 15) is 9.59 Å². The summed E-state index contributed by atoms with van der Waals surface area (Å²) in [4.78, 5) is 24.7. The van der Waals surface area contributed by atoms with Crippen molar-refractivity contribution in [3.8, 4) is 0 Å². The molecule has 0 amide bonds. The molecule has 0 aliphatic carbocycles. The number of Topliss-reactive ketones (excluding diaryl/α,β-unsaturated/α-hetero) is 1. The number of ether oxygens (including phenoxy) is 1. The van der Waals surface area contributed by atoms with Crippen LogP contribution in [0.4, 0.5) is 0 Å². The van der Waals surface area contributed by atoms with Crippen molar-refractivity contribution in [1.29, 1.82) is 0 Å². The molecular formula is C16H15Cl2O4P. The highest BCUT2D eigenvalue weighted by molar-refractivity contribution is 7.00. The fraction of sp³-hybridized carbons (Fsp3) is 0.125. The number of benzene rings is 2.